The molecule has 3 aromatic rings. The maximum Gasteiger partial charge on any atom is 0.408 e. The van der Waals surface area contributed by atoms with Crippen molar-refractivity contribution in [3.8, 4) is 0 Å². The van der Waals surface area contributed by atoms with Gasteiger partial charge in [-0.05, 0) is 112 Å². The van der Waals surface area contributed by atoms with Crippen LogP contribution in [0.2, 0.25) is 20.1 Å². The van der Waals surface area contributed by atoms with E-state index < -0.39 is 17.7 Å². The van der Waals surface area contributed by atoms with Crippen molar-refractivity contribution in [2.24, 2.45) is 0 Å². The minimum atomic E-state index is -1.10. The van der Waals surface area contributed by atoms with Crippen molar-refractivity contribution in [1.29, 1.82) is 0 Å². The quantitative estimate of drug-likeness (QED) is 0.169. The van der Waals surface area contributed by atoms with E-state index in [1.165, 1.54) is 0 Å². The molecule has 3 aromatic carbocycles. The minimum Gasteiger partial charge on any atom is -0.465 e. The Balaban J connectivity index is 0.000000236. The van der Waals surface area contributed by atoms with Gasteiger partial charge in [0.15, 0.2) is 0 Å². The molecule has 0 spiro atoms. The van der Waals surface area contributed by atoms with Gasteiger partial charge in [0.1, 0.15) is 6.54 Å². The van der Waals surface area contributed by atoms with Gasteiger partial charge in [-0.1, -0.05) is 58.5 Å². The Hall–Kier alpha value is -3.90. The number of likely N-dealkylation sites (tertiary alicyclic amines) is 2. The molecule has 0 aliphatic carbocycles. The first kappa shape index (κ1) is 40.9. The number of amides is 5. The van der Waals surface area contributed by atoms with Crippen molar-refractivity contribution in [3.63, 3.8) is 0 Å². The van der Waals surface area contributed by atoms with E-state index in [1.54, 1.807) is 79.1 Å². The molecule has 280 valence electrons. The second-order valence-electron chi connectivity index (χ2n) is 13.6. The SMILES string of the molecule is CC(C)(C)N(CC(=O)N1CCC[C@@H]1c1cc(Cl)ccc1Cl)C(=O)O.Nc1ccc(CNC(=O)NCC(=O)N2CCC[C@@H]2c2cc(Cl)ccc2Cl)cc1. The molecular weight excluding hydrogens is 750 g/mol. The fourth-order valence-corrected chi connectivity index (χ4v) is 7.12. The molecule has 0 aromatic heterocycles. The van der Waals surface area contributed by atoms with Crippen LogP contribution in [0.5, 0.6) is 0 Å². The lowest BCUT2D eigenvalue weighted by atomic mass is 10.0. The van der Waals surface area contributed by atoms with Crippen LogP contribution in [0.15, 0.2) is 60.7 Å². The number of carboxylic acid groups (broad SMARTS) is 1. The predicted molar refractivity (Wildman–Crippen MR) is 206 cm³/mol. The number of nitrogens with two attached hydrogens (primary N) is 1. The first-order valence-corrected chi connectivity index (χ1v) is 18.4. The third-order valence-electron chi connectivity index (χ3n) is 8.95. The summed E-state index contributed by atoms with van der Waals surface area (Å²) in [6.45, 7) is 6.61. The molecule has 15 heteroatoms. The topological polar surface area (TPSA) is 148 Å². The van der Waals surface area contributed by atoms with Crippen LogP contribution in [0.3, 0.4) is 0 Å². The van der Waals surface area contributed by atoms with Crippen molar-refractivity contribution in [3.05, 3.63) is 97.4 Å². The molecule has 52 heavy (non-hydrogen) atoms. The average molecular weight is 795 g/mol. The zero-order valence-corrected chi connectivity index (χ0v) is 32.3. The fraction of sp³-hybridized carbons (Fsp3) is 0.405. The largest absolute Gasteiger partial charge is 0.465 e. The number of rotatable bonds is 8. The Labute approximate surface area is 324 Å². The van der Waals surface area contributed by atoms with Crippen molar-refractivity contribution in [1.82, 2.24) is 25.3 Å². The lowest BCUT2D eigenvalue weighted by molar-refractivity contribution is -0.134. The molecule has 0 unspecified atom stereocenters. The summed E-state index contributed by atoms with van der Waals surface area (Å²) in [7, 11) is 0. The van der Waals surface area contributed by atoms with Crippen LogP contribution >= 0.6 is 46.4 Å². The maximum atomic E-state index is 12.7. The smallest absolute Gasteiger partial charge is 0.408 e. The number of carbonyl (C=O) groups is 4. The van der Waals surface area contributed by atoms with E-state index >= 15 is 0 Å². The Morgan fingerprint density at radius 1 is 0.788 bits per heavy atom. The summed E-state index contributed by atoms with van der Waals surface area (Å²) in [5.74, 6) is -0.368. The highest BCUT2D eigenvalue weighted by atomic mass is 35.5. The Kier molecular flexibility index (Phi) is 14.3. The van der Waals surface area contributed by atoms with Crippen LogP contribution in [0.1, 0.15) is 75.2 Å². The van der Waals surface area contributed by atoms with E-state index in [0.717, 1.165) is 47.3 Å². The van der Waals surface area contributed by atoms with Crippen molar-refractivity contribution in [2.75, 3.05) is 31.9 Å². The number of hydrogen-bond acceptors (Lipinski definition) is 5. The van der Waals surface area contributed by atoms with Crippen molar-refractivity contribution in [2.45, 2.75) is 70.6 Å². The molecule has 2 aliphatic heterocycles. The summed E-state index contributed by atoms with van der Waals surface area (Å²) in [5, 5.41) is 17.0. The van der Waals surface area contributed by atoms with E-state index in [9.17, 15) is 24.3 Å². The van der Waals surface area contributed by atoms with Crippen LogP contribution in [0.4, 0.5) is 15.3 Å². The fourth-order valence-electron chi connectivity index (χ4n) is 6.27. The number of anilines is 1. The molecule has 2 fully saturated rings. The molecule has 0 saturated carbocycles. The molecule has 5 rings (SSSR count). The molecule has 5 amide bonds. The summed E-state index contributed by atoms with van der Waals surface area (Å²) >= 11 is 24.7. The number of carbonyl (C=O) groups excluding carboxylic acids is 3. The molecule has 0 bridgehead atoms. The number of nitrogens with one attached hydrogen (secondary N) is 2. The number of halogens is 4. The van der Waals surface area contributed by atoms with Gasteiger partial charge in [-0.25, -0.2) is 9.59 Å². The Morgan fingerprint density at radius 2 is 1.29 bits per heavy atom. The lowest BCUT2D eigenvalue weighted by Crippen LogP contribution is -2.50. The van der Waals surface area contributed by atoms with Crippen LogP contribution in [-0.2, 0) is 16.1 Å². The Bertz CT molecular complexity index is 1750. The summed E-state index contributed by atoms with van der Waals surface area (Å²) in [4.78, 5) is 53.4. The average Bonchev–Trinajstić information content (AvgIpc) is 3.78. The normalized spacial score (nSPS) is 16.9. The molecule has 2 atom stereocenters. The molecule has 11 nitrogen and oxygen atoms in total. The third kappa shape index (κ3) is 11.1. The number of benzene rings is 3. The zero-order valence-electron chi connectivity index (χ0n) is 29.3. The number of nitrogens with zero attached hydrogens (tertiary/aromatic N) is 3. The van der Waals surface area contributed by atoms with Crippen LogP contribution in [-0.4, -0.2) is 75.5 Å². The predicted octanol–water partition coefficient (Wildman–Crippen LogP) is 8.17. The Morgan fingerprint density at radius 3 is 1.77 bits per heavy atom. The van der Waals surface area contributed by atoms with Gasteiger partial charge in [-0.15, -0.1) is 0 Å². The standard InChI is InChI=1S/C20H22Cl2N4O2.C17H22Cl2N2O3/c21-14-5-8-17(22)16(10-14)18-2-1-9-26(18)19(27)12-25-20(28)24-11-13-3-6-15(23)7-4-13;1-17(2,3)21(16(23)24)10-15(22)20-8-4-5-14(20)12-9-11(18)6-7-13(12)19/h3-8,10,18H,1-2,9,11-12,23H2,(H2,24,25,28);6-7,9,14H,4-5,8,10H2,1-3H3,(H,23,24)/t18-;14-/m11/s1. The minimum absolute atomic E-state index is 0.0811. The third-order valence-corrected chi connectivity index (χ3v) is 10.1. The maximum absolute atomic E-state index is 12.7. The van der Waals surface area contributed by atoms with Gasteiger partial charge in [-0.2, -0.15) is 0 Å². The molecule has 2 heterocycles. The van der Waals surface area contributed by atoms with E-state index in [4.69, 9.17) is 52.1 Å². The van der Waals surface area contributed by atoms with Gasteiger partial charge in [0.25, 0.3) is 0 Å². The van der Waals surface area contributed by atoms with Gasteiger partial charge in [-0.3, -0.25) is 14.5 Å². The zero-order chi connectivity index (χ0) is 38.2. The molecule has 2 aliphatic rings. The van der Waals surface area contributed by atoms with E-state index in [0.29, 0.717) is 45.4 Å². The second kappa shape index (κ2) is 18.2. The van der Waals surface area contributed by atoms with Gasteiger partial charge >= 0.3 is 12.1 Å². The number of nitrogen functional groups attached to an aromatic ring is 1. The van der Waals surface area contributed by atoms with Crippen LogP contribution in [0.25, 0.3) is 0 Å². The van der Waals surface area contributed by atoms with Gasteiger partial charge in [0.2, 0.25) is 11.8 Å². The van der Waals surface area contributed by atoms with E-state index in [1.807, 2.05) is 12.1 Å². The monoisotopic (exact) mass is 792 g/mol. The highest BCUT2D eigenvalue weighted by molar-refractivity contribution is 6.34. The highest BCUT2D eigenvalue weighted by Crippen LogP contribution is 2.38. The molecule has 5 N–H and O–H groups in total. The van der Waals surface area contributed by atoms with Crippen LogP contribution in [0, 0.1) is 0 Å². The number of urea groups is 1. The molecule has 0 radical (unpaired) electrons. The lowest BCUT2D eigenvalue weighted by Gasteiger charge is -2.35. The number of hydrogen-bond donors (Lipinski definition) is 4. The highest BCUT2D eigenvalue weighted by Gasteiger charge is 2.36. The summed E-state index contributed by atoms with van der Waals surface area (Å²) in [6.07, 6.45) is 2.22. The van der Waals surface area contributed by atoms with E-state index in [2.05, 4.69) is 10.6 Å². The van der Waals surface area contributed by atoms with Crippen molar-refractivity contribution < 1.29 is 24.3 Å². The molecular formula is C37H44Cl4N6O5. The summed E-state index contributed by atoms with van der Waals surface area (Å²) in [6, 6.07) is 17.0. The van der Waals surface area contributed by atoms with Gasteiger partial charge < -0.3 is 31.3 Å². The first-order chi connectivity index (χ1) is 24.5. The van der Waals surface area contributed by atoms with Crippen molar-refractivity contribution >= 4 is 76.0 Å². The molecule has 2 saturated heterocycles. The van der Waals surface area contributed by atoms with Gasteiger partial charge in [0.05, 0.1) is 18.6 Å². The van der Waals surface area contributed by atoms with Crippen LogP contribution < -0.4 is 16.4 Å². The second-order valence-corrected chi connectivity index (χ2v) is 15.3. The van der Waals surface area contributed by atoms with Gasteiger partial charge in [0, 0.05) is 51.0 Å². The summed E-state index contributed by atoms with van der Waals surface area (Å²) < 4.78 is 0. The summed E-state index contributed by atoms with van der Waals surface area (Å²) in [5.41, 5.74) is 8.23. The first-order valence-electron chi connectivity index (χ1n) is 16.9. The van der Waals surface area contributed by atoms with E-state index in [-0.39, 0.29) is 37.0 Å².